The first kappa shape index (κ1) is 13.0. The molecule has 0 aromatic carbocycles. The maximum atomic E-state index is 3.63. The second kappa shape index (κ2) is 7.24. The summed E-state index contributed by atoms with van der Waals surface area (Å²) in [7, 11) is 0. The Hall–Kier alpha value is -0.0800. The van der Waals surface area contributed by atoms with Crippen molar-refractivity contribution in [1.82, 2.24) is 10.2 Å². The molecule has 1 rings (SSSR count). The van der Waals surface area contributed by atoms with E-state index in [0.717, 1.165) is 12.0 Å². The summed E-state index contributed by atoms with van der Waals surface area (Å²) in [5.74, 6) is 0.839. The molecule has 0 aromatic rings. The van der Waals surface area contributed by atoms with Crippen molar-refractivity contribution >= 4 is 0 Å². The Labute approximate surface area is 95.4 Å². The van der Waals surface area contributed by atoms with Crippen LogP contribution >= 0.6 is 0 Å². The maximum absolute atomic E-state index is 3.63. The summed E-state index contributed by atoms with van der Waals surface area (Å²) in [6, 6.07) is 0.809. The second-order valence-corrected chi connectivity index (χ2v) is 4.98. The highest BCUT2D eigenvalue weighted by Gasteiger charge is 2.22. The Morgan fingerprint density at radius 1 is 1.40 bits per heavy atom. The van der Waals surface area contributed by atoms with Crippen molar-refractivity contribution in [2.45, 2.75) is 52.5 Å². The van der Waals surface area contributed by atoms with Crippen molar-refractivity contribution < 1.29 is 0 Å². The molecule has 1 saturated heterocycles. The molecule has 90 valence electrons. The van der Waals surface area contributed by atoms with Gasteiger partial charge in [-0.3, -0.25) is 4.90 Å². The topological polar surface area (TPSA) is 15.3 Å². The SMILES string of the molecule is CCC[C@H](C)CNC[C@H]1CCCN1CC. The molecule has 2 nitrogen and oxygen atoms in total. The van der Waals surface area contributed by atoms with E-state index in [-0.39, 0.29) is 0 Å². The number of likely N-dealkylation sites (N-methyl/N-ethyl adjacent to an activating group) is 1. The molecule has 0 saturated carbocycles. The minimum Gasteiger partial charge on any atom is -0.315 e. The van der Waals surface area contributed by atoms with E-state index in [1.54, 1.807) is 0 Å². The number of nitrogens with zero attached hydrogens (tertiary/aromatic N) is 1. The van der Waals surface area contributed by atoms with E-state index in [1.165, 1.54) is 51.9 Å². The average molecular weight is 212 g/mol. The molecule has 1 aliphatic heterocycles. The molecule has 1 heterocycles. The van der Waals surface area contributed by atoms with Crippen molar-refractivity contribution in [2.24, 2.45) is 5.92 Å². The Morgan fingerprint density at radius 2 is 2.20 bits per heavy atom. The van der Waals surface area contributed by atoms with E-state index in [0.29, 0.717) is 0 Å². The molecule has 0 amide bonds. The fourth-order valence-electron chi connectivity index (χ4n) is 2.63. The normalized spacial score (nSPS) is 24.6. The van der Waals surface area contributed by atoms with Crippen LogP contribution in [0.2, 0.25) is 0 Å². The molecule has 0 radical (unpaired) electrons. The van der Waals surface area contributed by atoms with E-state index in [2.05, 4.69) is 31.0 Å². The lowest BCUT2D eigenvalue weighted by Crippen LogP contribution is -2.39. The van der Waals surface area contributed by atoms with Gasteiger partial charge in [0, 0.05) is 12.6 Å². The molecule has 0 aliphatic carbocycles. The summed E-state index contributed by atoms with van der Waals surface area (Å²) < 4.78 is 0. The van der Waals surface area contributed by atoms with Gasteiger partial charge in [0.2, 0.25) is 0 Å². The average Bonchev–Trinajstić information content (AvgIpc) is 2.66. The Morgan fingerprint density at radius 3 is 2.87 bits per heavy atom. The van der Waals surface area contributed by atoms with Gasteiger partial charge in [0.05, 0.1) is 0 Å². The molecule has 1 fully saturated rings. The monoisotopic (exact) mass is 212 g/mol. The molecule has 2 atom stereocenters. The van der Waals surface area contributed by atoms with Gasteiger partial charge in [-0.05, 0) is 44.8 Å². The lowest BCUT2D eigenvalue weighted by Gasteiger charge is -2.23. The van der Waals surface area contributed by atoms with Gasteiger partial charge in [0.1, 0.15) is 0 Å². The molecule has 0 aromatic heterocycles. The number of likely N-dealkylation sites (tertiary alicyclic amines) is 1. The summed E-state index contributed by atoms with van der Waals surface area (Å²) in [6.07, 6.45) is 5.45. The van der Waals surface area contributed by atoms with Gasteiger partial charge in [0.25, 0.3) is 0 Å². The molecule has 1 N–H and O–H groups in total. The minimum absolute atomic E-state index is 0.809. The first-order valence-electron chi connectivity index (χ1n) is 6.72. The molecule has 2 heteroatoms. The van der Waals surface area contributed by atoms with E-state index in [4.69, 9.17) is 0 Å². The summed E-state index contributed by atoms with van der Waals surface area (Å²) in [6.45, 7) is 11.8. The summed E-state index contributed by atoms with van der Waals surface area (Å²) >= 11 is 0. The van der Waals surface area contributed by atoms with Crippen LogP contribution in [0.5, 0.6) is 0 Å². The standard InChI is InChI=1S/C13H28N2/c1-4-7-12(3)10-14-11-13-8-6-9-15(13)5-2/h12-14H,4-11H2,1-3H3/t12-,13+/m0/s1. The molecule has 0 spiro atoms. The van der Waals surface area contributed by atoms with Crippen LogP contribution in [-0.4, -0.2) is 37.1 Å². The highest BCUT2D eigenvalue weighted by Crippen LogP contribution is 2.15. The van der Waals surface area contributed by atoms with Crippen molar-refractivity contribution in [3.8, 4) is 0 Å². The van der Waals surface area contributed by atoms with Gasteiger partial charge in [-0.15, -0.1) is 0 Å². The Balaban J connectivity index is 2.08. The predicted molar refractivity (Wildman–Crippen MR) is 67.2 cm³/mol. The van der Waals surface area contributed by atoms with Crippen LogP contribution in [-0.2, 0) is 0 Å². The predicted octanol–water partition coefficient (Wildman–Crippen LogP) is 2.50. The van der Waals surface area contributed by atoms with Gasteiger partial charge in [-0.1, -0.05) is 27.2 Å². The second-order valence-electron chi connectivity index (χ2n) is 4.98. The van der Waals surface area contributed by atoms with E-state index < -0.39 is 0 Å². The van der Waals surface area contributed by atoms with Crippen molar-refractivity contribution in [2.75, 3.05) is 26.2 Å². The van der Waals surface area contributed by atoms with Gasteiger partial charge in [-0.2, -0.15) is 0 Å². The molecule has 0 bridgehead atoms. The first-order chi connectivity index (χ1) is 7.27. The lowest BCUT2D eigenvalue weighted by molar-refractivity contribution is 0.257. The fraction of sp³-hybridized carbons (Fsp3) is 1.00. The minimum atomic E-state index is 0.809. The summed E-state index contributed by atoms with van der Waals surface area (Å²) in [5.41, 5.74) is 0. The highest BCUT2D eigenvalue weighted by molar-refractivity contribution is 4.80. The molecular weight excluding hydrogens is 184 g/mol. The van der Waals surface area contributed by atoms with Crippen LogP contribution in [0.25, 0.3) is 0 Å². The quantitative estimate of drug-likeness (QED) is 0.697. The molecular formula is C13H28N2. The van der Waals surface area contributed by atoms with Crippen LogP contribution in [0, 0.1) is 5.92 Å². The highest BCUT2D eigenvalue weighted by atomic mass is 15.2. The molecule has 15 heavy (non-hydrogen) atoms. The third kappa shape index (κ3) is 4.52. The third-order valence-electron chi connectivity index (χ3n) is 3.56. The zero-order valence-corrected chi connectivity index (χ0v) is 10.8. The summed E-state index contributed by atoms with van der Waals surface area (Å²) in [5, 5.41) is 3.63. The third-order valence-corrected chi connectivity index (χ3v) is 3.56. The van der Waals surface area contributed by atoms with Crippen LogP contribution in [0.15, 0.2) is 0 Å². The van der Waals surface area contributed by atoms with Gasteiger partial charge in [0.15, 0.2) is 0 Å². The van der Waals surface area contributed by atoms with Crippen molar-refractivity contribution in [3.63, 3.8) is 0 Å². The maximum Gasteiger partial charge on any atom is 0.0220 e. The number of hydrogen-bond acceptors (Lipinski definition) is 2. The largest absolute Gasteiger partial charge is 0.315 e. The smallest absolute Gasteiger partial charge is 0.0220 e. The van der Waals surface area contributed by atoms with Crippen molar-refractivity contribution in [1.29, 1.82) is 0 Å². The van der Waals surface area contributed by atoms with Gasteiger partial charge >= 0.3 is 0 Å². The number of hydrogen-bond donors (Lipinski definition) is 1. The fourth-order valence-corrected chi connectivity index (χ4v) is 2.63. The molecule has 0 unspecified atom stereocenters. The number of nitrogens with one attached hydrogen (secondary N) is 1. The van der Waals surface area contributed by atoms with Crippen LogP contribution in [0.1, 0.15) is 46.5 Å². The Kier molecular flexibility index (Phi) is 6.26. The lowest BCUT2D eigenvalue weighted by atomic mass is 10.1. The number of rotatable bonds is 7. The van der Waals surface area contributed by atoms with E-state index in [1.807, 2.05) is 0 Å². The van der Waals surface area contributed by atoms with E-state index >= 15 is 0 Å². The van der Waals surface area contributed by atoms with E-state index in [9.17, 15) is 0 Å². The molecule has 1 aliphatic rings. The van der Waals surface area contributed by atoms with Gasteiger partial charge < -0.3 is 5.32 Å². The first-order valence-corrected chi connectivity index (χ1v) is 6.72. The zero-order valence-electron chi connectivity index (χ0n) is 10.8. The summed E-state index contributed by atoms with van der Waals surface area (Å²) in [4.78, 5) is 2.61. The van der Waals surface area contributed by atoms with Crippen molar-refractivity contribution in [3.05, 3.63) is 0 Å². The van der Waals surface area contributed by atoms with Crippen LogP contribution in [0.4, 0.5) is 0 Å². The van der Waals surface area contributed by atoms with Crippen LogP contribution < -0.4 is 5.32 Å². The zero-order chi connectivity index (χ0) is 11.1. The Bertz CT molecular complexity index is 159. The van der Waals surface area contributed by atoms with Crippen LogP contribution in [0.3, 0.4) is 0 Å². The van der Waals surface area contributed by atoms with Gasteiger partial charge in [-0.25, -0.2) is 0 Å².